The summed E-state index contributed by atoms with van der Waals surface area (Å²) in [6, 6.07) is 7.02. The first kappa shape index (κ1) is 17.4. The van der Waals surface area contributed by atoms with Gasteiger partial charge in [0, 0.05) is 23.2 Å². The predicted molar refractivity (Wildman–Crippen MR) is 91.2 cm³/mol. The van der Waals surface area contributed by atoms with Crippen molar-refractivity contribution in [2.24, 2.45) is 0 Å². The Hall–Kier alpha value is -1.92. The van der Waals surface area contributed by atoms with E-state index in [0.717, 1.165) is 10.7 Å². The highest BCUT2D eigenvalue weighted by atomic mass is 32.1. The van der Waals surface area contributed by atoms with E-state index in [1.54, 1.807) is 23.5 Å². The van der Waals surface area contributed by atoms with E-state index in [2.05, 4.69) is 10.3 Å². The number of nitrogens with zero attached hydrogens (tertiary/aromatic N) is 1. The number of nitrogens with one attached hydrogen (secondary N) is 1. The summed E-state index contributed by atoms with van der Waals surface area (Å²) in [4.78, 5) is 16.7. The second-order valence-electron chi connectivity index (χ2n) is 5.10. The molecule has 1 aromatic heterocycles. The van der Waals surface area contributed by atoms with Crippen LogP contribution < -0.4 is 10.1 Å². The minimum absolute atomic E-state index is 0.122. The number of carbonyl (C=O) groups is 1. The van der Waals surface area contributed by atoms with E-state index in [9.17, 15) is 4.79 Å². The fraction of sp³-hybridized carbons (Fsp3) is 0.412. The Bertz CT molecular complexity index is 642. The lowest BCUT2D eigenvalue weighted by Gasteiger charge is -2.12. The number of thiazole rings is 1. The van der Waals surface area contributed by atoms with Crippen LogP contribution in [-0.2, 0) is 4.74 Å². The van der Waals surface area contributed by atoms with Gasteiger partial charge in [0.1, 0.15) is 17.4 Å². The smallest absolute Gasteiger partial charge is 0.251 e. The fourth-order valence-corrected chi connectivity index (χ4v) is 2.81. The average Bonchev–Trinajstić information content (AvgIpc) is 2.98. The van der Waals surface area contributed by atoms with Gasteiger partial charge < -0.3 is 14.8 Å². The zero-order chi connectivity index (χ0) is 16.7. The van der Waals surface area contributed by atoms with Gasteiger partial charge in [0.2, 0.25) is 0 Å². The standard InChI is InChI=1S/C17H22N2O3S/c1-4-21-8-9-22-15-7-5-6-14(10-15)16(20)19-13(3)17-18-12(2)11-23-17/h5-7,10-11,13H,4,8-9H2,1-3H3,(H,19,20)/t13-/m1/s1. The predicted octanol–water partition coefficient (Wildman–Crippen LogP) is 3.36. The van der Waals surface area contributed by atoms with Crippen LogP contribution >= 0.6 is 11.3 Å². The maximum Gasteiger partial charge on any atom is 0.251 e. The Morgan fingerprint density at radius 1 is 1.39 bits per heavy atom. The monoisotopic (exact) mass is 334 g/mol. The molecule has 2 rings (SSSR count). The highest BCUT2D eigenvalue weighted by Crippen LogP contribution is 2.19. The molecule has 23 heavy (non-hydrogen) atoms. The first-order valence-corrected chi connectivity index (χ1v) is 8.51. The Morgan fingerprint density at radius 2 is 2.22 bits per heavy atom. The van der Waals surface area contributed by atoms with Crippen molar-refractivity contribution >= 4 is 17.2 Å². The quantitative estimate of drug-likeness (QED) is 0.752. The molecule has 124 valence electrons. The number of hydrogen-bond donors (Lipinski definition) is 1. The van der Waals surface area contributed by atoms with Crippen molar-refractivity contribution in [2.45, 2.75) is 26.8 Å². The van der Waals surface area contributed by atoms with Crippen LogP contribution in [0.15, 0.2) is 29.6 Å². The number of amides is 1. The molecule has 1 N–H and O–H groups in total. The summed E-state index contributed by atoms with van der Waals surface area (Å²) in [5.74, 6) is 0.524. The van der Waals surface area contributed by atoms with Crippen LogP contribution in [0.2, 0.25) is 0 Å². The summed E-state index contributed by atoms with van der Waals surface area (Å²) in [6.07, 6.45) is 0. The molecule has 0 bridgehead atoms. The van der Waals surface area contributed by atoms with Gasteiger partial charge in [-0.25, -0.2) is 4.98 Å². The van der Waals surface area contributed by atoms with Crippen molar-refractivity contribution < 1.29 is 14.3 Å². The van der Waals surface area contributed by atoms with Gasteiger partial charge in [-0.1, -0.05) is 6.07 Å². The molecule has 1 amide bonds. The third-order valence-corrected chi connectivity index (χ3v) is 4.30. The fourth-order valence-electron chi connectivity index (χ4n) is 2.00. The molecule has 0 unspecified atom stereocenters. The van der Waals surface area contributed by atoms with Crippen molar-refractivity contribution in [3.05, 3.63) is 45.9 Å². The zero-order valence-corrected chi connectivity index (χ0v) is 14.5. The van der Waals surface area contributed by atoms with E-state index in [0.29, 0.717) is 31.1 Å². The summed E-state index contributed by atoms with van der Waals surface area (Å²) >= 11 is 1.55. The lowest BCUT2D eigenvalue weighted by molar-refractivity contribution is 0.0938. The highest BCUT2D eigenvalue weighted by Gasteiger charge is 2.14. The van der Waals surface area contributed by atoms with Gasteiger partial charge in [-0.05, 0) is 39.0 Å². The Kier molecular flexibility index (Phi) is 6.55. The van der Waals surface area contributed by atoms with Crippen molar-refractivity contribution in [2.75, 3.05) is 19.8 Å². The van der Waals surface area contributed by atoms with E-state index in [4.69, 9.17) is 9.47 Å². The minimum Gasteiger partial charge on any atom is -0.491 e. The highest BCUT2D eigenvalue weighted by molar-refractivity contribution is 7.09. The second kappa shape index (κ2) is 8.64. The second-order valence-corrected chi connectivity index (χ2v) is 5.99. The van der Waals surface area contributed by atoms with Crippen LogP contribution in [0, 0.1) is 6.92 Å². The number of benzene rings is 1. The average molecular weight is 334 g/mol. The molecule has 2 aromatic rings. The number of rotatable bonds is 8. The van der Waals surface area contributed by atoms with Crippen LogP contribution in [-0.4, -0.2) is 30.7 Å². The lowest BCUT2D eigenvalue weighted by atomic mass is 10.2. The van der Waals surface area contributed by atoms with Gasteiger partial charge in [-0.15, -0.1) is 11.3 Å². The molecule has 1 heterocycles. The van der Waals surface area contributed by atoms with E-state index in [1.807, 2.05) is 38.3 Å². The third-order valence-electron chi connectivity index (χ3n) is 3.15. The molecule has 0 saturated heterocycles. The SMILES string of the molecule is CCOCCOc1cccc(C(=O)N[C@H](C)c2nc(C)cs2)c1. The van der Waals surface area contributed by atoms with Gasteiger partial charge in [0.25, 0.3) is 5.91 Å². The number of aromatic nitrogens is 1. The normalized spacial score (nSPS) is 12.0. The molecular weight excluding hydrogens is 312 g/mol. The number of ether oxygens (including phenoxy) is 2. The van der Waals surface area contributed by atoms with Crippen molar-refractivity contribution in [1.29, 1.82) is 0 Å². The molecule has 1 aromatic carbocycles. The molecule has 1 atom stereocenters. The van der Waals surface area contributed by atoms with E-state index in [-0.39, 0.29) is 11.9 Å². The molecule has 5 nitrogen and oxygen atoms in total. The van der Waals surface area contributed by atoms with E-state index < -0.39 is 0 Å². The third kappa shape index (κ3) is 5.33. The lowest BCUT2D eigenvalue weighted by Crippen LogP contribution is -2.26. The maximum absolute atomic E-state index is 12.3. The first-order valence-electron chi connectivity index (χ1n) is 7.63. The number of carbonyl (C=O) groups excluding carboxylic acids is 1. The van der Waals surface area contributed by atoms with E-state index in [1.165, 1.54) is 0 Å². The summed E-state index contributed by atoms with van der Waals surface area (Å²) in [5.41, 5.74) is 1.54. The molecule has 0 aliphatic carbocycles. The van der Waals surface area contributed by atoms with Gasteiger partial charge >= 0.3 is 0 Å². The van der Waals surface area contributed by atoms with Crippen LogP contribution in [0.5, 0.6) is 5.75 Å². The van der Waals surface area contributed by atoms with Crippen molar-refractivity contribution in [3.63, 3.8) is 0 Å². The van der Waals surface area contributed by atoms with Gasteiger partial charge in [0.05, 0.1) is 12.6 Å². The Balaban J connectivity index is 1.93. The van der Waals surface area contributed by atoms with Crippen LogP contribution in [0.3, 0.4) is 0 Å². The maximum atomic E-state index is 12.3. The van der Waals surface area contributed by atoms with Gasteiger partial charge in [-0.3, -0.25) is 4.79 Å². The molecule has 6 heteroatoms. The molecule has 0 fully saturated rings. The van der Waals surface area contributed by atoms with Crippen LogP contribution in [0.4, 0.5) is 0 Å². The Morgan fingerprint density at radius 3 is 2.91 bits per heavy atom. The molecule has 0 radical (unpaired) electrons. The first-order chi connectivity index (χ1) is 11.1. The minimum atomic E-state index is -0.138. The summed E-state index contributed by atoms with van der Waals surface area (Å²) in [6.45, 7) is 7.48. The summed E-state index contributed by atoms with van der Waals surface area (Å²) in [7, 11) is 0. The van der Waals surface area contributed by atoms with Crippen LogP contribution in [0.25, 0.3) is 0 Å². The molecule has 0 aliphatic heterocycles. The Labute approximate surface area is 140 Å². The molecule has 0 saturated carbocycles. The van der Waals surface area contributed by atoms with Crippen molar-refractivity contribution in [1.82, 2.24) is 10.3 Å². The summed E-state index contributed by atoms with van der Waals surface area (Å²) < 4.78 is 10.8. The topological polar surface area (TPSA) is 60.5 Å². The van der Waals surface area contributed by atoms with Crippen molar-refractivity contribution in [3.8, 4) is 5.75 Å². The van der Waals surface area contributed by atoms with Crippen LogP contribution in [0.1, 0.15) is 40.9 Å². The zero-order valence-electron chi connectivity index (χ0n) is 13.7. The molecule has 0 aliphatic rings. The molecular formula is C17H22N2O3S. The van der Waals surface area contributed by atoms with Gasteiger partial charge in [0.15, 0.2) is 0 Å². The largest absolute Gasteiger partial charge is 0.491 e. The van der Waals surface area contributed by atoms with E-state index >= 15 is 0 Å². The summed E-state index contributed by atoms with van der Waals surface area (Å²) in [5, 5.41) is 5.84. The number of hydrogen-bond acceptors (Lipinski definition) is 5. The van der Waals surface area contributed by atoms with Gasteiger partial charge in [-0.2, -0.15) is 0 Å². The molecule has 0 spiro atoms. The number of aryl methyl sites for hydroxylation is 1.